The van der Waals surface area contributed by atoms with E-state index in [0.717, 1.165) is 39.7 Å². The second-order valence-corrected chi connectivity index (χ2v) is 15.7. The second kappa shape index (κ2) is 11.7. The van der Waals surface area contributed by atoms with Gasteiger partial charge >= 0.3 is 0 Å². The van der Waals surface area contributed by atoms with Gasteiger partial charge in [0.15, 0.2) is 0 Å². The van der Waals surface area contributed by atoms with Gasteiger partial charge in [-0.25, -0.2) is 9.67 Å². The number of hydrogen-bond donors (Lipinski definition) is 0. The molecule has 51 heavy (non-hydrogen) atoms. The number of pyridine rings is 1. The van der Waals surface area contributed by atoms with Crippen molar-refractivity contribution < 1.29 is 4.74 Å². The zero-order valence-electron chi connectivity index (χ0n) is 29.7. The van der Waals surface area contributed by atoms with Crippen LogP contribution in [0.5, 0.6) is 11.5 Å². The normalized spacial score (nSPS) is 12.1. The highest BCUT2D eigenvalue weighted by atomic mass is 32.1. The predicted molar refractivity (Wildman–Crippen MR) is 213 cm³/mol. The highest BCUT2D eigenvalue weighted by Gasteiger charge is 2.20. The van der Waals surface area contributed by atoms with Crippen LogP contribution in [-0.2, 0) is 5.41 Å². The minimum absolute atomic E-state index is 0.0142. The molecule has 5 aromatic carbocycles. The van der Waals surface area contributed by atoms with Crippen molar-refractivity contribution in [3.05, 3.63) is 144 Å². The first-order valence-electron chi connectivity index (χ1n) is 17.4. The number of hydrogen-bond acceptors (Lipinski definition) is 4. The fourth-order valence-corrected chi connectivity index (χ4v) is 8.67. The van der Waals surface area contributed by atoms with Crippen LogP contribution in [0.3, 0.4) is 0 Å². The molecule has 0 aliphatic carbocycles. The highest BCUT2D eigenvalue weighted by molar-refractivity contribution is 7.25. The second-order valence-electron chi connectivity index (χ2n) is 14.6. The Balaban J connectivity index is 1.15. The topological polar surface area (TPSA) is 44.9 Å². The first kappa shape index (κ1) is 31.3. The Labute approximate surface area is 301 Å². The minimum Gasteiger partial charge on any atom is -0.457 e. The maximum absolute atomic E-state index is 6.60. The average molecular weight is 683 g/mol. The van der Waals surface area contributed by atoms with E-state index in [1.54, 1.807) is 0 Å². The van der Waals surface area contributed by atoms with Gasteiger partial charge in [0.2, 0.25) is 0 Å². The van der Waals surface area contributed by atoms with Crippen LogP contribution in [-0.4, -0.2) is 19.3 Å². The van der Waals surface area contributed by atoms with Crippen molar-refractivity contribution in [2.75, 3.05) is 0 Å². The summed E-state index contributed by atoms with van der Waals surface area (Å²) in [6.07, 6.45) is 3.95. The molecule has 0 amide bonds. The molecule has 250 valence electrons. The summed E-state index contributed by atoms with van der Waals surface area (Å²) in [6, 6.07) is 38.7. The van der Waals surface area contributed by atoms with Crippen LogP contribution in [0.25, 0.3) is 64.7 Å². The van der Waals surface area contributed by atoms with Crippen molar-refractivity contribution in [2.24, 2.45) is 0 Å². The molecule has 0 aliphatic rings. The molecule has 0 unspecified atom stereocenters. The number of aryl methyl sites for hydroxylation is 3. The highest BCUT2D eigenvalue weighted by Crippen LogP contribution is 2.42. The zero-order chi connectivity index (χ0) is 35.0. The van der Waals surface area contributed by atoms with E-state index in [-0.39, 0.29) is 5.41 Å². The summed E-state index contributed by atoms with van der Waals surface area (Å²) in [6.45, 7) is 13.2. The Bertz CT molecular complexity index is 2790. The van der Waals surface area contributed by atoms with E-state index >= 15 is 0 Å². The Morgan fingerprint density at radius 1 is 0.647 bits per heavy atom. The number of benzene rings is 5. The van der Waals surface area contributed by atoms with Crippen molar-refractivity contribution in [1.29, 1.82) is 0 Å². The standard InChI is InChI=1S/C45H38N4OS/c1-27-20-28(2)44(29(3)21-27)38-17-19-48(47-38)31-10-9-11-32(23-31)50-33-14-15-34-36-26-42-37(35-12-7-8-13-41(35)51-42)25-40(36)49(39(34)24-33)43-22-30(16-18-46-43)45(4,5)6/h7-26H,1-6H3. The quantitative estimate of drug-likeness (QED) is 0.181. The number of thiophene rings is 1. The summed E-state index contributed by atoms with van der Waals surface area (Å²) in [4.78, 5) is 4.94. The third kappa shape index (κ3) is 5.38. The Morgan fingerprint density at radius 3 is 2.25 bits per heavy atom. The smallest absolute Gasteiger partial charge is 0.137 e. The molecule has 5 nitrogen and oxygen atoms in total. The molecular weight excluding hydrogens is 645 g/mol. The molecule has 0 atom stereocenters. The van der Waals surface area contributed by atoms with Crippen LogP contribution in [0.15, 0.2) is 122 Å². The first-order chi connectivity index (χ1) is 24.6. The van der Waals surface area contributed by atoms with Crippen molar-refractivity contribution in [2.45, 2.75) is 47.0 Å². The molecule has 4 heterocycles. The molecule has 0 aliphatic heterocycles. The van der Waals surface area contributed by atoms with Crippen molar-refractivity contribution in [3.63, 3.8) is 0 Å². The molecule has 0 fully saturated rings. The van der Waals surface area contributed by atoms with Gasteiger partial charge in [0.1, 0.15) is 17.3 Å². The summed E-state index contributed by atoms with van der Waals surface area (Å²) in [7, 11) is 0. The van der Waals surface area contributed by atoms with Crippen LogP contribution in [0, 0.1) is 20.8 Å². The van der Waals surface area contributed by atoms with Crippen LogP contribution in [0.2, 0.25) is 0 Å². The van der Waals surface area contributed by atoms with E-state index in [1.165, 1.54) is 58.8 Å². The number of ether oxygens (including phenoxy) is 1. The SMILES string of the molecule is Cc1cc(C)c(-c2ccn(-c3cccc(Oc4ccc5c6cc7sc8ccccc8c7cc6n(-c6cc(C(C)(C)C)ccn6)c5c4)c3)n2)c(C)c1. The summed E-state index contributed by atoms with van der Waals surface area (Å²) >= 11 is 1.85. The van der Waals surface area contributed by atoms with Gasteiger partial charge in [0, 0.05) is 61.0 Å². The average Bonchev–Trinajstić information content (AvgIpc) is 3.81. The zero-order valence-corrected chi connectivity index (χ0v) is 30.5. The monoisotopic (exact) mass is 682 g/mol. The summed E-state index contributed by atoms with van der Waals surface area (Å²) in [5.41, 5.74) is 10.2. The third-order valence-corrected chi connectivity index (χ3v) is 11.1. The number of rotatable bonds is 5. The van der Waals surface area contributed by atoms with E-state index in [2.05, 4.69) is 137 Å². The van der Waals surface area contributed by atoms with Crippen LogP contribution in [0.4, 0.5) is 0 Å². The van der Waals surface area contributed by atoms with E-state index in [4.69, 9.17) is 14.8 Å². The number of nitrogens with zero attached hydrogens (tertiary/aromatic N) is 4. The maximum atomic E-state index is 6.60. The third-order valence-electron chi connectivity index (χ3n) is 9.92. The van der Waals surface area contributed by atoms with Gasteiger partial charge in [-0.15, -0.1) is 11.3 Å². The molecule has 4 aromatic heterocycles. The van der Waals surface area contributed by atoms with E-state index in [1.807, 2.05) is 46.6 Å². The Hall–Kier alpha value is -5.72. The lowest BCUT2D eigenvalue weighted by Gasteiger charge is -2.20. The molecule has 0 saturated carbocycles. The van der Waals surface area contributed by atoms with Gasteiger partial charge in [-0.3, -0.25) is 4.57 Å². The molecule has 0 radical (unpaired) electrons. The minimum atomic E-state index is -0.0142. The molecule has 0 bridgehead atoms. The van der Waals surface area contributed by atoms with E-state index in [9.17, 15) is 0 Å². The fraction of sp³-hybridized carbons (Fsp3) is 0.156. The van der Waals surface area contributed by atoms with Gasteiger partial charge < -0.3 is 4.74 Å². The number of aromatic nitrogens is 4. The molecule has 0 spiro atoms. The fourth-order valence-electron chi connectivity index (χ4n) is 7.54. The predicted octanol–water partition coefficient (Wildman–Crippen LogP) is 12.4. The van der Waals surface area contributed by atoms with Crippen molar-refractivity contribution in [3.8, 4) is 34.3 Å². The van der Waals surface area contributed by atoms with Gasteiger partial charge in [-0.2, -0.15) is 5.10 Å². The van der Waals surface area contributed by atoms with Crippen LogP contribution in [0.1, 0.15) is 43.0 Å². The summed E-state index contributed by atoms with van der Waals surface area (Å²) in [5, 5.41) is 9.89. The molecule has 9 aromatic rings. The summed E-state index contributed by atoms with van der Waals surface area (Å²) < 4.78 is 13.4. The van der Waals surface area contributed by atoms with E-state index < -0.39 is 0 Å². The van der Waals surface area contributed by atoms with Gasteiger partial charge in [-0.1, -0.05) is 62.7 Å². The van der Waals surface area contributed by atoms with Crippen LogP contribution < -0.4 is 4.74 Å². The lowest BCUT2D eigenvalue weighted by molar-refractivity contribution is 0.483. The lowest BCUT2D eigenvalue weighted by Crippen LogP contribution is -2.12. The molecule has 0 saturated heterocycles. The molecule has 0 N–H and O–H groups in total. The van der Waals surface area contributed by atoms with Gasteiger partial charge in [-0.05, 0) is 104 Å². The van der Waals surface area contributed by atoms with Crippen LogP contribution >= 0.6 is 11.3 Å². The Kier molecular flexibility index (Phi) is 7.16. The molecule has 6 heteroatoms. The van der Waals surface area contributed by atoms with Crippen molar-refractivity contribution in [1.82, 2.24) is 19.3 Å². The lowest BCUT2D eigenvalue weighted by atomic mass is 9.88. The Morgan fingerprint density at radius 2 is 1.43 bits per heavy atom. The van der Waals surface area contributed by atoms with Crippen molar-refractivity contribution >= 4 is 53.3 Å². The number of fused-ring (bicyclic) bond motifs is 6. The van der Waals surface area contributed by atoms with Gasteiger partial charge in [0.25, 0.3) is 0 Å². The largest absolute Gasteiger partial charge is 0.457 e. The molecule has 9 rings (SSSR count). The van der Waals surface area contributed by atoms with E-state index in [0.29, 0.717) is 0 Å². The molecular formula is C45H38N4OS. The first-order valence-corrected chi connectivity index (χ1v) is 18.2. The van der Waals surface area contributed by atoms with Gasteiger partial charge in [0.05, 0.1) is 22.4 Å². The maximum Gasteiger partial charge on any atom is 0.137 e. The summed E-state index contributed by atoms with van der Waals surface area (Å²) in [5.74, 6) is 2.40.